The molecule has 4 heteroatoms. The number of benzene rings is 2. The Morgan fingerprint density at radius 2 is 1.83 bits per heavy atom. The molecular weight excluding hydrogens is 416 g/mol. The van der Waals surface area contributed by atoms with Crippen LogP contribution >= 0.6 is 22.6 Å². The van der Waals surface area contributed by atoms with Crippen LogP contribution in [0, 0.1) is 15.3 Å². The lowest BCUT2D eigenvalue weighted by Gasteiger charge is -2.34. The van der Waals surface area contributed by atoms with Gasteiger partial charge in [-0.1, -0.05) is 24.3 Å². The molecule has 128 valence electrons. The fourth-order valence-corrected chi connectivity index (χ4v) is 4.01. The second kappa shape index (κ2) is 8.41. The number of rotatable bonds is 5. The highest BCUT2D eigenvalue weighted by Crippen LogP contribution is 2.30. The average molecular weight is 439 g/mol. The first kappa shape index (κ1) is 17.8. The van der Waals surface area contributed by atoms with Gasteiger partial charge in [0.05, 0.1) is 6.10 Å². The minimum Gasteiger partial charge on any atom is -0.388 e. The van der Waals surface area contributed by atoms with Crippen molar-refractivity contribution >= 4 is 22.6 Å². The molecule has 1 aliphatic rings. The van der Waals surface area contributed by atoms with Gasteiger partial charge < -0.3 is 10.0 Å². The molecule has 0 saturated carbocycles. The van der Waals surface area contributed by atoms with Gasteiger partial charge in [0.25, 0.3) is 0 Å². The van der Waals surface area contributed by atoms with Crippen LogP contribution in [0.2, 0.25) is 0 Å². The van der Waals surface area contributed by atoms with Crippen LogP contribution in [0.4, 0.5) is 4.39 Å². The molecule has 0 aliphatic carbocycles. The maximum Gasteiger partial charge on any atom is 0.123 e. The molecule has 2 aromatic carbocycles. The number of hydrogen-bond acceptors (Lipinski definition) is 2. The topological polar surface area (TPSA) is 23.5 Å². The Kier molecular flexibility index (Phi) is 6.25. The molecule has 0 bridgehead atoms. The zero-order valence-corrected chi connectivity index (χ0v) is 15.8. The second-order valence-electron chi connectivity index (χ2n) is 6.56. The van der Waals surface area contributed by atoms with Gasteiger partial charge in [-0.15, -0.1) is 0 Å². The molecule has 1 saturated heterocycles. The predicted molar refractivity (Wildman–Crippen MR) is 103 cm³/mol. The molecule has 1 N–H and O–H groups in total. The quantitative estimate of drug-likeness (QED) is 0.698. The molecule has 2 nitrogen and oxygen atoms in total. The molecule has 0 radical (unpaired) electrons. The Morgan fingerprint density at radius 3 is 2.50 bits per heavy atom. The third-order valence-electron chi connectivity index (χ3n) is 4.90. The van der Waals surface area contributed by atoms with Crippen molar-refractivity contribution in [2.24, 2.45) is 5.92 Å². The Labute approximate surface area is 156 Å². The van der Waals surface area contributed by atoms with E-state index in [0.717, 1.165) is 44.5 Å². The van der Waals surface area contributed by atoms with E-state index in [1.165, 1.54) is 21.3 Å². The highest BCUT2D eigenvalue weighted by atomic mass is 127. The van der Waals surface area contributed by atoms with Gasteiger partial charge in [-0.25, -0.2) is 4.39 Å². The van der Waals surface area contributed by atoms with Crippen molar-refractivity contribution in [2.75, 3.05) is 19.6 Å². The standard InChI is InChI=1S/C20H23FINO/c21-18-6-4-16(5-7-18)20(24)17-9-12-23(13-10-17)11-8-15-2-1-3-19(22)14-15/h1-7,14,17,20,24H,8-13H2. The number of aliphatic hydroxyl groups is 1. The third-order valence-corrected chi connectivity index (χ3v) is 5.57. The summed E-state index contributed by atoms with van der Waals surface area (Å²) < 4.78 is 14.3. The van der Waals surface area contributed by atoms with Crippen LogP contribution in [-0.4, -0.2) is 29.6 Å². The van der Waals surface area contributed by atoms with Crippen molar-refractivity contribution in [1.82, 2.24) is 4.90 Å². The molecule has 0 aromatic heterocycles. The summed E-state index contributed by atoms with van der Waals surface area (Å²) in [4.78, 5) is 2.48. The van der Waals surface area contributed by atoms with E-state index in [2.05, 4.69) is 51.8 Å². The van der Waals surface area contributed by atoms with Crippen molar-refractivity contribution in [3.8, 4) is 0 Å². The van der Waals surface area contributed by atoms with E-state index in [1.807, 2.05) is 0 Å². The van der Waals surface area contributed by atoms with Crippen LogP contribution in [0.1, 0.15) is 30.1 Å². The molecular formula is C20H23FINO. The van der Waals surface area contributed by atoms with Crippen molar-refractivity contribution in [3.05, 3.63) is 69.0 Å². The van der Waals surface area contributed by atoms with Crippen LogP contribution in [0.25, 0.3) is 0 Å². The summed E-state index contributed by atoms with van der Waals surface area (Å²) in [5, 5.41) is 10.5. The van der Waals surface area contributed by atoms with Gasteiger partial charge in [-0.05, 0) is 96.3 Å². The highest BCUT2D eigenvalue weighted by molar-refractivity contribution is 14.1. The van der Waals surface area contributed by atoms with Crippen molar-refractivity contribution in [3.63, 3.8) is 0 Å². The summed E-state index contributed by atoms with van der Waals surface area (Å²) in [6.45, 7) is 3.11. The summed E-state index contributed by atoms with van der Waals surface area (Å²) in [6.07, 6.45) is 2.57. The van der Waals surface area contributed by atoms with E-state index in [4.69, 9.17) is 0 Å². The first-order valence-corrected chi connectivity index (χ1v) is 9.60. The fourth-order valence-electron chi connectivity index (χ4n) is 3.40. The molecule has 1 heterocycles. The van der Waals surface area contributed by atoms with Gasteiger partial charge in [-0.3, -0.25) is 0 Å². The molecule has 1 unspecified atom stereocenters. The summed E-state index contributed by atoms with van der Waals surface area (Å²) >= 11 is 2.35. The van der Waals surface area contributed by atoms with Crippen LogP contribution in [-0.2, 0) is 6.42 Å². The van der Waals surface area contributed by atoms with Crippen LogP contribution in [0.5, 0.6) is 0 Å². The SMILES string of the molecule is OC(c1ccc(F)cc1)C1CCN(CCc2cccc(I)c2)CC1. The molecule has 1 aliphatic heterocycles. The molecule has 24 heavy (non-hydrogen) atoms. The molecule has 2 aromatic rings. The minimum absolute atomic E-state index is 0.253. The van der Waals surface area contributed by atoms with Gasteiger partial charge in [-0.2, -0.15) is 0 Å². The second-order valence-corrected chi connectivity index (χ2v) is 7.80. The monoisotopic (exact) mass is 439 g/mol. The minimum atomic E-state index is -0.483. The summed E-state index contributed by atoms with van der Waals surface area (Å²) in [7, 11) is 0. The fraction of sp³-hybridized carbons (Fsp3) is 0.400. The summed E-state index contributed by atoms with van der Waals surface area (Å²) in [5.74, 6) is 0.0146. The summed E-state index contributed by atoms with van der Waals surface area (Å²) in [5.41, 5.74) is 2.21. The van der Waals surface area contributed by atoms with Crippen LogP contribution in [0.15, 0.2) is 48.5 Å². The molecule has 0 spiro atoms. The smallest absolute Gasteiger partial charge is 0.123 e. The van der Waals surface area contributed by atoms with Crippen LogP contribution in [0.3, 0.4) is 0 Å². The van der Waals surface area contributed by atoms with Gasteiger partial charge in [0, 0.05) is 10.1 Å². The molecule has 3 rings (SSSR count). The van der Waals surface area contributed by atoms with Crippen molar-refractivity contribution < 1.29 is 9.50 Å². The first-order valence-electron chi connectivity index (χ1n) is 8.52. The number of nitrogens with zero attached hydrogens (tertiary/aromatic N) is 1. The van der Waals surface area contributed by atoms with Gasteiger partial charge >= 0.3 is 0 Å². The molecule has 1 fully saturated rings. The van der Waals surface area contributed by atoms with Crippen molar-refractivity contribution in [2.45, 2.75) is 25.4 Å². The summed E-state index contributed by atoms with van der Waals surface area (Å²) in [6, 6.07) is 14.9. The van der Waals surface area contributed by atoms with E-state index in [9.17, 15) is 9.50 Å². The zero-order chi connectivity index (χ0) is 16.9. The third kappa shape index (κ3) is 4.77. The number of hydrogen-bond donors (Lipinski definition) is 1. The maximum absolute atomic E-state index is 13.0. The average Bonchev–Trinajstić information content (AvgIpc) is 2.61. The normalized spacial score (nSPS) is 17.8. The van der Waals surface area contributed by atoms with Crippen LogP contribution < -0.4 is 0 Å². The van der Waals surface area contributed by atoms with E-state index in [1.54, 1.807) is 12.1 Å². The molecule has 1 atom stereocenters. The maximum atomic E-state index is 13.0. The first-order chi connectivity index (χ1) is 11.6. The molecule has 0 amide bonds. The number of halogens is 2. The lowest BCUT2D eigenvalue weighted by Crippen LogP contribution is -2.36. The van der Waals surface area contributed by atoms with Gasteiger partial charge in [0.2, 0.25) is 0 Å². The Bertz CT molecular complexity index is 653. The Balaban J connectivity index is 1.47. The van der Waals surface area contributed by atoms with Crippen molar-refractivity contribution in [1.29, 1.82) is 0 Å². The van der Waals surface area contributed by atoms with E-state index < -0.39 is 6.10 Å². The van der Waals surface area contributed by atoms with E-state index >= 15 is 0 Å². The predicted octanol–water partition coefficient (Wildman–Crippen LogP) is 4.42. The number of piperidine rings is 1. The van der Waals surface area contributed by atoms with E-state index in [0.29, 0.717) is 0 Å². The van der Waals surface area contributed by atoms with Gasteiger partial charge in [0.1, 0.15) is 5.82 Å². The zero-order valence-electron chi connectivity index (χ0n) is 13.7. The highest BCUT2D eigenvalue weighted by Gasteiger charge is 2.26. The lowest BCUT2D eigenvalue weighted by atomic mass is 9.87. The lowest BCUT2D eigenvalue weighted by molar-refractivity contribution is 0.0592. The van der Waals surface area contributed by atoms with Gasteiger partial charge in [0.15, 0.2) is 0 Å². The largest absolute Gasteiger partial charge is 0.388 e. The van der Waals surface area contributed by atoms with E-state index in [-0.39, 0.29) is 11.7 Å². The number of likely N-dealkylation sites (tertiary alicyclic amines) is 1. The number of aliphatic hydroxyl groups excluding tert-OH is 1. The Hall–Kier alpha value is -0.980. The Morgan fingerprint density at radius 1 is 1.12 bits per heavy atom.